The number of aryl methyl sites for hydroxylation is 1. The lowest BCUT2D eigenvalue weighted by Crippen LogP contribution is -2.38. The molecule has 0 aliphatic carbocycles. The van der Waals surface area contributed by atoms with Crippen molar-refractivity contribution in [2.24, 2.45) is 0 Å². The van der Waals surface area contributed by atoms with Crippen LogP contribution in [0.2, 0.25) is 0 Å². The highest BCUT2D eigenvalue weighted by molar-refractivity contribution is 9.10. The Bertz CT molecular complexity index is 542. The predicted octanol–water partition coefficient (Wildman–Crippen LogP) is 1.59. The molecule has 0 saturated carbocycles. The lowest BCUT2D eigenvalue weighted by atomic mass is 10.1. The Kier molecular flexibility index (Phi) is 3.47. The second kappa shape index (κ2) is 4.89. The standard InChI is InChI=1S/C12H12BrN3O2/c1-7-4-8(13)2-3-9(7)16-10(14)5-11(17)15-6-12(16)18/h2-4,14H,5-6H2,1H3,(H,15,17). The molecule has 0 unspecified atom stereocenters. The van der Waals surface area contributed by atoms with E-state index in [4.69, 9.17) is 5.41 Å². The average molecular weight is 310 g/mol. The van der Waals surface area contributed by atoms with Crippen molar-refractivity contribution in [1.29, 1.82) is 5.41 Å². The van der Waals surface area contributed by atoms with Crippen molar-refractivity contribution < 1.29 is 9.59 Å². The highest BCUT2D eigenvalue weighted by atomic mass is 79.9. The fraction of sp³-hybridized carbons (Fsp3) is 0.250. The third kappa shape index (κ3) is 2.43. The van der Waals surface area contributed by atoms with Crippen LogP contribution in [0.3, 0.4) is 0 Å². The Labute approximate surface area is 113 Å². The molecule has 2 N–H and O–H groups in total. The molecular formula is C12H12BrN3O2. The van der Waals surface area contributed by atoms with Gasteiger partial charge in [0.15, 0.2) is 0 Å². The van der Waals surface area contributed by atoms with Crippen molar-refractivity contribution in [3.63, 3.8) is 0 Å². The summed E-state index contributed by atoms with van der Waals surface area (Å²) >= 11 is 3.35. The molecule has 1 aliphatic heterocycles. The molecule has 2 amide bonds. The van der Waals surface area contributed by atoms with Gasteiger partial charge in [-0.05, 0) is 30.7 Å². The maximum Gasteiger partial charge on any atom is 0.251 e. The number of hydrogen-bond acceptors (Lipinski definition) is 3. The number of hydrogen-bond donors (Lipinski definition) is 2. The van der Waals surface area contributed by atoms with Crippen LogP contribution in [0.1, 0.15) is 12.0 Å². The van der Waals surface area contributed by atoms with Gasteiger partial charge < -0.3 is 5.32 Å². The van der Waals surface area contributed by atoms with Gasteiger partial charge in [0, 0.05) is 4.47 Å². The van der Waals surface area contributed by atoms with Crippen molar-refractivity contribution in [3.8, 4) is 0 Å². The Morgan fingerprint density at radius 1 is 1.39 bits per heavy atom. The summed E-state index contributed by atoms with van der Waals surface area (Å²) in [5, 5.41) is 10.3. The van der Waals surface area contributed by atoms with E-state index in [1.165, 1.54) is 4.90 Å². The quantitative estimate of drug-likeness (QED) is 0.826. The van der Waals surface area contributed by atoms with Crippen LogP contribution in [0.5, 0.6) is 0 Å². The lowest BCUT2D eigenvalue weighted by molar-refractivity contribution is -0.122. The normalized spacial score (nSPS) is 16.6. The number of amides is 2. The Morgan fingerprint density at radius 3 is 2.78 bits per heavy atom. The summed E-state index contributed by atoms with van der Waals surface area (Å²) in [6, 6.07) is 5.45. The number of carbonyl (C=O) groups is 2. The fourth-order valence-corrected chi connectivity index (χ4v) is 2.32. The molecule has 0 spiro atoms. The largest absolute Gasteiger partial charge is 0.347 e. The summed E-state index contributed by atoms with van der Waals surface area (Å²) in [7, 11) is 0. The highest BCUT2D eigenvalue weighted by Gasteiger charge is 2.27. The van der Waals surface area contributed by atoms with Gasteiger partial charge in [0.2, 0.25) is 5.91 Å². The number of anilines is 1. The summed E-state index contributed by atoms with van der Waals surface area (Å²) in [4.78, 5) is 24.6. The SMILES string of the molecule is Cc1cc(Br)ccc1N1C(=N)CC(=O)NCC1=O. The van der Waals surface area contributed by atoms with Crippen LogP contribution in [0, 0.1) is 12.3 Å². The van der Waals surface area contributed by atoms with Gasteiger partial charge >= 0.3 is 0 Å². The van der Waals surface area contributed by atoms with Gasteiger partial charge in [-0.25, -0.2) is 0 Å². The Morgan fingerprint density at radius 2 is 2.11 bits per heavy atom. The number of nitrogens with one attached hydrogen (secondary N) is 2. The van der Waals surface area contributed by atoms with E-state index in [0.29, 0.717) is 5.69 Å². The third-order valence-electron chi connectivity index (χ3n) is 2.68. The lowest BCUT2D eigenvalue weighted by Gasteiger charge is -2.22. The number of rotatable bonds is 1. The summed E-state index contributed by atoms with van der Waals surface area (Å²) in [5.74, 6) is -0.595. The van der Waals surface area contributed by atoms with Crippen molar-refractivity contribution in [2.75, 3.05) is 11.4 Å². The molecular weight excluding hydrogens is 298 g/mol. The average Bonchev–Trinajstić information content (AvgIpc) is 2.40. The molecule has 1 aromatic carbocycles. The van der Waals surface area contributed by atoms with E-state index in [2.05, 4.69) is 21.2 Å². The highest BCUT2D eigenvalue weighted by Crippen LogP contribution is 2.25. The molecule has 5 nitrogen and oxygen atoms in total. The molecule has 1 aromatic rings. The van der Waals surface area contributed by atoms with Gasteiger partial charge in [-0.2, -0.15) is 0 Å². The van der Waals surface area contributed by atoms with Gasteiger partial charge in [-0.3, -0.25) is 19.9 Å². The summed E-state index contributed by atoms with van der Waals surface area (Å²) < 4.78 is 0.909. The molecule has 18 heavy (non-hydrogen) atoms. The number of halogens is 1. The molecule has 1 saturated heterocycles. The molecule has 2 rings (SSSR count). The Hall–Kier alpha value is -1.69. The molecule has 6 heteroatoms. The van der Waals surface area contributed by atoms with Crippen LogP contribution >= 0.6 is 15.9 Å². The smallest absolute Gasteiger partial charge is 0.251 e. The van der Waals surface area contributed by atoms with Gasteiger partial charge in [0.1, 0.15) is 5.84 Å². The van der Waals surface area contributed by atoms with E-state index >= 15 is 0 Å². The van der Waals surface area contributed by atoms with Gasteiger partial charge in [-0.15, -0.1) is 0 Å². The van der Waals surface area contributed by atoms with Gasteiger partial charge in [-0.1, -0.05) is 15.9 Å². The molecule has 0 atom stereocenters. The van der Waals surface area contributed by atoms with Crippen LogP contribution in [0.4, 0.5) is 5.69 Å². The molecule has 1 aliphatic rings. The van der Waals surface area contributed by atoms with E-state index in [0.717, 1.165) is 10.0 Å². The van der Waals surface area contributed by atoms with Crippen molar-refractivity contribution in [3.05, 3.63) is 28.2 Å². The fourth-order valence-electron chi connectivity index (χ4n) is 1.85. The van der Waals surface area contributed by atoms with Crippen LogP contribution in [-0.2, 0) is 9.59 Å². The van der Waals surface area contributed by atoms with E-state index in [9.17, 15) is 9.59 Å². The number of amidine groups is 1. The summed E-state index contributed by atoms with van der Waals surface area (Å²) in [5.41, 5.74) is 1.52. The van der Waals surface area contributed by atoms with E-state index in [1.807, 2.05) is 19.1 Å². The first-order valence-electron chi connectivity index (χ1n) is 5.42. The van der Waals surface area contributed by atoms with Crippen LogP contribution in [0.25, 0.3) is 0 Å². The minimum atomic E-state index is -0.300. The first-order valence-corrected chi connectivity index (χ1v) is 6.21. The van der Waals surface area contributed by atoms with Crippen LogP contribution in [0.15, 0.2) is 22.7 Å². The zero-order valence-corrected chi connectivity index (χ0v) is 11.4. The summed E-state index contributed by atoms with van der Waals surface area (Å²) in [6.45, 7) is 1.79. The molecule has 1 fully saturated rings. The molecule has 0 bridgehead atoms. The number of benzene rings is 1. The van der Waals surface area contributed by atoms with Crippen LogP contribution in [-0.4, -0.2) is 24.2 Å². The van der Waals surface area contributed by atoms with E-state index < -0.39 is 0 Å². The van der Waals surface area contributed by atoms with Crippen LogP contribution < -0.4 is 10.2 Å². The first-order chi connectivity index (χ1) is 8.49. The molecule has 1 heterocycles. The summed E-state index contributed by atoms with van der Waals surface area (Å²) in [6.07, 6.45) is -0.0821. The Balaban J connectivity index is 2.43. The molecule has 94 valence electrons. The second-order valence-electron chi connectivity index (χ2n) is 4.06. The van der Waals surface area contributed by atoms with Gasteiger partial charge in [0.25, 0.3) is 5.91 Å². The van der Waals surface area contributed by atoms with E-state index in [-0.39, 0.29) is 30.6 Å². The zero-order chi connectivity index (χ0) is 13.3. The first kappa shape index (κ1) is 12.8. The topological polar surface area (TPSA) is 73.3 Å². The number of nitrogens with zero attached hydrogens (tertiary/aromatic N) is 1. The van der Waals surface area contributed by atoms with Crippen molar-refractivity contribution in [1.82, 2.24) is 5.32 Å². The van der Waals surface area contributed by atoms with E-state index in [1.54, 1.807) is 6.07 Å². The van der Waals surface area contributed by atoms with Crippen molar-refractivity contribution in [2.45, 2.75) is 13.3 Å². The maximum atomic E-state index is 12.0. The maximum absolute atomic E-state index is 12.0. The monoisotopic (exact) mass is 309 g/mol. The predicted molar refractivity (Wildman–Crippen MR) is 71.7 cm³/mol. The number of carbonyl (C=O) groups excluding carboxylic acids is 2. The molecule has 0 aromatic heterocycles. The third-order valence-corrected chi connectivity index (χ3v) is 3.18. The second-order valence-corrected chi connectivity index (χ2v) is 4.98. The minimum absolute atomic E-state index is 0.000391. The zero-order valence-electron chi connectivity index (χ0n) is 9.79. The van der Waals surface area contributed by atoms with Gasteiger partial charge in [0.05, 0.1) is 18.7 Å². The molecule has 0 radical (unpaired) electrons. The minimum Gasteiger partial charge on any atom is -0.347 e. The van der Waals surface area contributed by atoms with Crippen molar-refractivity contribution >= 4 is 39.3 Å².